The summed E-state index contributed by atoms with van der Waals surface area (Å²) >= 11 is 0. The van der Waals surface area contributed by atoms with Crippen LogP contribution in [0.4, 0.5) is 16.3 Å². The molecular weight excluding hydrogens is 572 g/mol. The molecule has 46 heavy (non-hydrogen) atoms. The van der Waals surface area contributed by atoms with Crippen LogP contribution in [0.2, 0.25) is 0 Å². The lowest BCUT2D eigenvalue weighted by atomic mass is 9.91. The third-order valence-electron chi connectivity index (χ3n) is 8.04. The van der Waals surface area contributed by atoms with Gasteiger partial charge in [0.1, 0.15) is 5.82 Å². The number of rotatable bonds is 8. The molecular formula is C38H42N6O2. The second-order valence-corrected chi connectivity index (χ2v) is 12.2. The molecule has 0 radical (unpaired) electrons. The zero-order valence-electron chi connectivity index (χ0n) is 27.4. The van der Waals surface area contributed by atoms with Crippen LogP contribution in [0.3, 0.4) is 0 Å². The van der Waals surface area contributed by atoms with Crippen LogP contribution in [0.1, 0.15) is 73.0 Å². The van der Waals surface area contributed by atoms with Crippen LogP contribution in [-0.2, 0) is 6.54 Å². The van der Waals surface area contributed by atoms with E-state index in [0.29, 0.717) is 30.2 Å². The van der Waals surface area contributed by atoms with Gasteiger partial charge < -0.3 is 20.6 Å². The number of nitrogens with one attached hydrogen (secondary N) is 2. The minimum absolute atomic E-state index is 0.215. The summed E-state index contributed by atoms with van der Waals surface area (Å²) in [4.78, 5) is 26.5. The van der Waals surface area contributed by atoms with Crippen LogP contribution in [0, 0.1) is 11.8 Å². The van der Waals surface area contributed by atoms with E-state index in [-0.39, 0.29) is 11.8 Å². The molecule has 1 aliphatic heterocycles. The number of fused-ring (bicyclic) bond motifs is 1. The van der Waals surface area contributed by atoms with E-state index >= 15 is 0 Å². The van der Waals surface area contributed by atoms with Crippen LogP contribution in [-0.4, -0.2) is 52.9 Å². The first-order valence-electron chi connectivity index (χ1n) is 15.6. The standard InChI is InChI=1S/C38H42N6O2/c1-25(2)30-17-10-18-31(26(3)4)34(30)41-38(46)42-35-33(32-19-11-21-40-36(32)44(6)37(35)45)28-15-9-13-27(23-28)14-12-22-43(5)24-29-16-7-8-20-39-29/h7-11,13,15-21,23,25-26,37,45H,22,24H2,1-6H3,(H2,41,42,46). The van der Waals surface area contributed by atoms with Crippen molar-refractivity contribution >= 4 is 23.1 Å². The highest BCUT2D eigenvalue weighted by Crippen LogP contribution is 2.39. The Balaban J connectivity index is 1.48. The number of pyridine rings is 2. The molecule has 0 fully saturated rings. The first-order valence-corrected chi connectivity index (χ1v) is 15.6. The third-order valence-corrected chi connectivity index (χ3v) is 8.04. The largest absolute Gasteiger partial charge is 0.368 e. The molecule has 1 unspecified atom stereocenters. The Labute approximate surface area is 272 Å². The average molecular weight is 615 g/mol. The van der Waals surface area contributed by atoms with Gasteiger partial charge >= 0.3 is 6.03 Å². The number of likely N-dealkylation sites (N-methyl/N-ethyl adjacent to an activating group) is 1. The first kappa shape index (κ1) is 32.4. The van der Waals surface area contributed by atoms with Crippen LogP contribution >= 0.6 is 0 Å². The summed E-state index contributed by atoms with van der Waals surface area (Å²) < 4.78 is 0. The minimum Gasteiger partial charge on any atom is -0.368 e. The van der Waals surface area contributed by atoms with Crippen molar-refractivity contribution in [1.29, 1.82) is 0 Å². The lowest BCUT2D eigenvalue weighted by Crippen LogP contribution is -2.45. The van der Waals surface area contributed by atoms with Crippen molar-refractivity contribution in [3.8, 4) is 11.8 Å². The monoisotopic (exact) mass is 614 g/mol. The Morgan fingerprint density at radius 1 is 0.935 bits per heavy atom. The molecule has 0 saturated carbocycles. The lowest BCUT2D eigenvalue weighted by molar-refractivity contribution is 0.199. The molecule has 5 rings (SSSR count). The van der Waals surface area contributed by atoms with Crippen LogP contribution in [0.15, 0.2) is 90.9 Å². The number of urea groups is 1. The molecule has 2 aromatic carbocycles. The van der Waals surface area contributed by atoms with Gasteiger partial charge in [-0.2, -0.15) is 0 Å². The van der Waals surface area contributed by atoms with Gasteiger partial charge in [0.25, 0.3) is 0 Å². The Morgan fingerprint density at radius 2 is 1.65 bits per heavy atom. The summed E-state index contributed by atoms with van der Waals surface area (Å²) in [5.74, 6) is 7.60. The van der Waals surface area contributed by atoms with Crippen LogP contribution < -0.4 is 15.5 Å². The van der Waals surface area contributed by atoms with Gasteiger partial charge in [-0.15, -0.1) is 0 Å². The van der Waals surface area contributed by atoms with Gasteiger partial charge in [0, 0.05) is 48.4 Å². The summed E-state index contributed by atoms with van der Waals surface area (Å²) in [5, 5.41) is 17.7. The molecule has 8 heteroatoms. The molecule has 0 bridgehead atoms. The quantitative estimate of drug-likeness (QED) is 0.195. The van der Waals surface area contributed by atoms with Gasteiger partial charge in [0.05, 0.1) is 17.9 Å². The molecule has 1 atom stereocenters. The molecule has 3 heterocycles. The predicted octanol–water partition coefficient (Wildman–Crippen LogP) is 6.56. The maximum absolute atomic E-state index is 13.7. The van der Waals surface area contributed by atoms with Crippen LogP contribution in [0.25, 0.3) is 5.57 Å². The second-order valence-electron chi connectivity index (χ2n) is 12.2. The van der Waals surface area contributed by atoms with Gasteiger partial charge in [0.15, 0.2) is 6.23 Å². The van der Waals surface area contributed by atoms with E-state index in [1.165, 1.54) is 0 Å². The zero-order valence-corrected chi connectivity index (χ0v) is 27.4. The number of anilines is 2. The fourth-order valence-electron chi connectivity index (χ4n) is 5.71. The maximum Gasteiger partial charge on any atom is 0.323 e. The van der Waals surface area contributed by atoms with Crippen LogP contribution in [0.5, 0.6) is 0 Å². The zero-order chi connectivity index (χ0) is 32.8. The normalized spacial score (nSPS) is 14.3. The number of carbonyl (C=O) groups excluding carboxylic acids is 1. The van der Waals surface area contributed by atoms with Crippen molar-refractivity contribution < 1.29 is 9.90 Å². The van der Waals surface area contributed by atoms with E-state index in [1.54, 1.807) is 24.3 Å². The number of aromatic nitrogens is 2. The topological polar surface area (TPSA) is 93.6 Å². The number of amides is 2. The molecule has 1 aliphatic rings. The van der Waals surface area contributed by atoms with Crippen molar-refractivity contribution in [3.05, 3.63) is 124 Å². The highest BCUT2D eigenvalue weighted by molar-refractivity contribution is 5.97. The number of hydrogen-bond acceptors (Lipinski definition) is 6. The van der Waals surface area contributed by atoms with E-state index in [4.69, 9.17) is 0 Å². The van der Waals surface area contributed by atoms with Crippen molar-refractivity contribution in [2.75, 3.05) is 30.9 Å². The van der Waals surface area contributed by atoms with Gasteiger partial charge in [-0.25, -0.2) is 9.78 Å². The second kappa shape index (κ2) is 14.4. The number of benzene rings is 2. The summed E-state index contributed by atoms with van der Waals surface area (Å²) in [5.41, 5.74) is 7.42. The van der Waals surface area contributed by atoms with Gasteiger partial charge in [-0.1, -0.05) is 75.9 Å². The summed E-state index contributed by atoms with van der Waals surface area (Å²) in [6.07, 6.45) is 2.36. The SMILES string of the molecule is CC(C)c1cccc(C(C)C)c1NC(=O)NC1=C(c2cccc(C#CCN(C)Cc3ccccn3)c2)c2cccnc2N(C)C1O. The lowest BCUT2D eigenvalue weighted by Gasteiger charge is -2.35. The van der Waals surface area contributed by atoms with Crippen molar-refractivity contribution in [3.63, 3.8) is 0 Å². The smallest absolute Gasteiger partial charge is 0.323 e. The van der Waals surface area contributed by atoms with E-state index in [1.807, 2.05) is 79.8 Å². The van der Waals surface area contributed by atoms with Crippen molar-refractivity contribution in [1.82, 2.24) is 20.2 Å². The van der Waals surface area contributed by atoms with E-state index in [0.717, 1.165) is 39.2 Å². The predicted molar refractivity (Wildman–Crippen MR) is 185 cm³/mol. The molecule has 3 N–H and O–H groups in total. The van der Waals surface area contributed by atoms with Crippen molar-refractivity contribution in [2.24, 2.45) is 0 Å². The maximum atomic E-state index is 13.7. The molecule has 2 aromatic heterocycles. The number of nitrogens with zero attached hydrogens (tertiary/aromatic N) is 4. The third kappa shape index (κ3) is 7.28. The number of para-hydroxylation sites is 1. The molecule has 2 amide bonds. The Morgan fingerprint density at radius 3 is 2.35 bits per heavy atom. The molecule has 8 nitrogen and oxygen atoms in total. The highest BCUT2D eigenvalue weighted by atomic mass is 16.3. The summed E-state index contributed by atoms with van der Waals surface area (Å²) in [7, 11) is 3.78. The number of aliphatic hydroxyl groups is 1. The number of aliphatic hydroxyl groups excluding tert-OH is 1. The summed E-state index contributed by atoms with van der Waals surface area (Å²) in [6, 6.07) is 23.3. The van der Waals surface area contributed by atoms with E-state index < -0.39 is 12.3 Å². The minimum atomic E-state index is -1.14. The Bertz CT molecular complexity index is 1760. The summed E-state index contributed by atoms with van der Waals surface area (Å²) in [6.45, 7) is 9.73. The van der Waals surface area contributed by atoms with Crippen molar-refractivity contribution in [2.45, 2.75) is 52.3 Å². The molecule has 0 spiro atoms. The highest BCUT2D eigenvalue weighted by Gasteiger charge is 2.33. The molecule has 0 aliphatic carbocycles. The van der Waals surface area contributed by atoms with E-state index in [2.05, 4.69) is 65.0 Å². The molecule has 236 valence electrons. The van der Waals surface area contributed by atoms with Gasteiger partial charge in [0.2, 0.25) is 0 Å². The molecule has 4 aromatic rings. The fraction of sp³-hybridized carbons (Fsp3) is 0.289. The Kier molecular flexibility index (Phi) is 10.2. The van der Waals surface area contributed by atoms with E-state index in [9.17, 15) is 9.90 Å². The van der Waals surface area contributed by atoms with Gasteiger partial charge in [-0.3, -0.25) is 9.88 Å². The number of hydrogen-bond donors (Lipinski definition) is 3. The average Bonchev–Trinajstić information content (AvgIpc) is 3.04. The fourth-order valence-corrected chi connectivity index (χ4v) is 5.71. The molecule has 0 saturated heterocycles. The first-order chi connectivity index (χ1) is 22.1. The van der Waals surface area contributed by atoms with Gasteiger partial charge in [-0.05, 0) is 72.0 Å². The number of carbonyl (C=O) groups is 1. The Hall–Kier alpha value is -4.97.